The van der Waals surface area contributed by atoms with Crippen LogP contribution in [-0.2, 0) is 0 Å². The highest BCUT2D eigenvalue weighted by molar-refractivity contribution is 4.84. The molecule has 1 N–H and O–H groups in total. The van der Waals surface area contributed by atoms with E-state index >= 15 is 0 Å². The van der Waals surface area contributed by atoms with Crippen molar-refractivity contribution in [2.24, 2.45) is 17.8 Å². The first kappa shape index (κ1) is 10.0. The van der Waals surface area contributed by atoms with Crippen molar-refractivity contribution in [3.05, 3.63) is 0 Å². The Labute approximate surface area is 76.9 Å². The SMILES string of the molecule is CC(C)NCC1CCC1C(C)C. The summed E-state index contributed by atoms with van der Waals surface area (Å²) in [6.07, 6.45) is 2.91. The third-order valence-electron chi connectivity index (χ3n) is 3.12. The van der Waals surface area contributed by atoms with Gasteiger partial charge in [0.15, 0.2) is 0 Å². The average molecular weight is 169 g/mol. The largest absolute Gasteiger partial charge is 0.314 e. The highest BCUT2D eigenvalue weighted by atomic mass is 14.9. The van der Waals surface area contributed by atoms with E-state index in [9.17, 15) is 0 Å². The van der Waals surface area contributed by atoms with Crippen molar-refractivity contribution >= 4 is 0 Å². The third kappa shape index (κ3) is 2.48. The Kier molecular flexibility index (Phi) is 3.57. The minimum absolute atomic E-state index is 0.651. The molecular weight excluding hydrogens is 146 g/mol. The molecule has 0 radical (unpaired) electrons. The van der Waals surface area contributed by atoms with Crippen LogP contribution >= 0.6 is 0 Å². The summed E-state index contributed by atoms with van der Waals surface area (Å²) < 4.78 is 0. The van der Waals surface area contributed by atoms with Gasteiger partial charge >= 0.3 is 0 Å². The number of nitrogens with one attached hydrogen (secondary N) is 1. The average Bonchev–Trinajstić information content (AvgIpc) is 1.82. The molecule has 1 rings (SSSR count). The van der Waals surface area contributed by atoms with E-state index in [-0.39, 0.29) is 0 Å². The molecule has 1 aliphatic carbocycles. The summed E-state index contributed by atoms with van der Waals surface area (Å²) in [4.78, 5) is 0. The highest BCUT2D eigenvalue weighted by Crippen LogP contribution is 2.38. The lowest BCUT2D eigenvalue weighted by Crippen LogP contribution is -2.39. The second-order valence-electron chi connectivity index (χ2n) is 4.81. The first-order chi connectivity index (χ1) is 5.61. The second kappa shape index (κ2) is 4.27. The van der Waals surface area contributed by atoms with Crippen molar-refractivity contribution in [1.82, 2.24) is 5.32 Å². The molecule has 72 valence electrons. The molecule has 1 saturated carbocycles. The van der Waals surface area contributed by atoms with E-state index in [4.69, 9.17) is 0 Å². The fourth-order valence-corrected chi connectivity index (χ4v) is 2.11. The molecule has 1 nitrogen and oxygen atoms in total. The Balaban J connectivity index is 2.17. The maximum Gasteiger partial charge on any atom is 0.00104 e. The predicted molar refractivity (Wildman–Crippen MR) is 54.2 cm³/mol. The molecule has 0 spiro atoms. The van der Waals surface area contributed by atoms with Crippen molar-refractivity contribution in [2.75, 3.05) is 6.54 Å². The zero-order chi connectivity index (χ0) is 9.14. The van der Waals surface area contributed by atoms with E-state index in [0.29, 0.717) is 6.04 Å². The van der Waals surface area contributed by atoms with Gasteiger partial charge in [-0.2, -0.15) is 0 Å². The van der Waals surface area contributed by atoms with E-state index in [1.54, 1.807) is 0 Å². The third-order valence-corrected chi connectivity index (χ3v) is 3.12. The number of hydrogen-bond acceptors (Lipinski definition) is 1. The molecular formula is C11H23N. The van der Waals surface area contributed by atoms with Crippen LogP contribution < -0.4 is 5.32 Å². The van der Waals surface area contributed by atoms with Gasteiger partial charge in [-0.1, -0.05) is 27.7 Å². The molecule has 1 fully saturated rings. The van der Waals surface area contributed by atoms with Gasteiger partial charge in [0.05, 0.1) is 0 Å². The molecule has 2 unspecified atom stereocenters. The van der Waals surface area contributed by atoms with E-state index in [1.807, 2.05) is 0 Å². The van der Waals surface area contributed by atoms with E-state index in [2.05, 4.69) is 33.0 Å². The van der Waals surface area contributed by atoms with Crippen LogP contribution in [0.15, 0.2) is 0 Å². The van der Waals surface area contributed by atoms with Crippen LogP contribution in [0.1, 0.15) is 40.5 Å². The highest BCUT2D eigenvalue weighted by Gasteiger charge is 2.32. The maximum absolute atomic E-state index is 3.53. The lowest BCUT2D eigenvalue weighted by molar-refractivity contribution is 0.118. The van der Waals surface area contributed by atoms with Crippen LogP contribution in [0.5, 0.6) is 0 Å². The van der Waals surface area contributed by atoms with Gasteiger partial charge < -0.3 is 5.32 Å². The quantitative estimate of drug-likeness (QED) is 0.682. The van der Waals surface area contributed by atoms with Gasteiger partial charge in [-0.25, -0.2) is 0 Å². The zero-order valence-corrected chi connectivity index (χ0v) is 8.93. The molecule has 12 heavy (non-hydrogen) atoms. The molecule has 0 aliphatic heterocycles. The number of rotatable bonds is 4. The van der Waals surface area contributed by atoms with Gasteiger partial charge in [0.25, 0.3) is 0 Å². The van der Waals surface area contributed by atoms with Crippen LogP contribution in [0.2, 0.25) is 0 Å². The maximum atomic E-state index is 3.53. The summed E-state index contributed by atoms with van der Waals surface area (Å²) in [6.45, 7) is 10.4. The first-order valence-corrected chi connectivity index (χ1v) is 5.34. The minimum Gasteiger partial charge on any atom is -0.314 e. The molecule has 2 atom stereocenters. The van der Waals surface area contributed by atoms with Crippen LogP contribution in [0.25, 0.3) is 0 Å². The summed E-state index contributed by atoms with van der Waals surface area (Å²) in [7, 11) is 0. The lowest BCUT2D eigenvalue weighted by atomic mass is 9.68. The molecule has 0 amide bonds. The molecule has 0 aromatic rings. The van der Waals surface area contributed by atoms with Gasteiger partial charge in [0.2, 0.25) is 0 Å². The van der Waals surface area contributed by atoms with Crippen molar-refractivity contribution in [3.8, 4) is 0 Å². The summed E-state index contributed by atoms with van der Waals surface area (Å²) in [5.41, 5.74) is 0. The smallest absolute Gasteiger partial charge is 0.00104 e. The summed E-state index contributed by atoms with van der Waals surface area (Å²) >= 11 is 0. The molecule has 1 heteroatoms. The molecule has 0 aromatic heterocycles. The van der Waals surface area contributed by atoms with Crippen molar-refractivity contribution < 1.29 is 0 Å². The van der Waals surface area contributed by atoms with Gasteiger partial charge in [-0.05, 0) is 37.1 Å². The summed E-state index contributed by atoms with van der Waals surface area (Å²) in [6, 6.07) is 0.651. The van der Waals surface area contributed by atoms with E-state index in [0.717, 1.165) is 17.8 Å². The van der Waals surface area contributed by atoms with Gasteiger partial charge in [-0.15, -0.1) is 0 Å². The van der Waals surface area contributed by atoms with Gasteiger partial charge in [0.1, 0.15) is 0 Å². The molecule has 0 saturated heterocycles. The fourth-order valence-electron chi connectivity index (χ4n) is 2.11. The number of hydrogen-bond donors (Lipinski definition) is 1. The van der Waals surface area contributed by atoms with Crippen LogP contribution in [-0.4, -0.2) is 12.6 Å². The monoisotopic (exact) mass is 169 g/mol. The first-order valence-electron chi connectivity index (χ1n) is 5.34. The molecule has 0 aromatic carbocycles. The standard InChI is InChI=1S/C11H23N/c1-8(2)11-6-5-10(11)7-12-9(3)4/h8-12H,5-7H2,1-4H3. The summed E-state index contributed by atoms with van der Waals surface area (Å²) in [5.74, 6) is 2.85. The van der Waals surface area contributed by atoms with Gasteiger partial charge in [-0.3, -0.25) is 0 Å². The Bertz CT molecular complexity index is 129. The minimum atomic E-state index is 0.651. The second-order valence-corrected chi connectivity index (χ2v) is 4.81. The zero-order valence-electron chi connectivity index (χ0n) is 8.93. The normalized spacial score (nSPS) is 29.5. The van der Waals surface area contributed by atoms with E-state index in [1.165, 1.54) is 19.4 Å². The molecule has 0 bridgehead atoms. The van der Waals surface area contributed by atoms with Crippen LogP contribution in [0.4, 0.5) is 0 Å². The summed E-state index contributed by atoms with van der Waals surface area (Å²) in [5, 5.41) is 3.53. The van der Waals surface area contributed by atoms with Gasteiger partial charge in [0, 0.05) is 6.04 Å². The Morgan fingerprint density at radius 1 is 1.17 bits per heavy atom. The molecule has 1 aliphatic rings. The van der Waals surface area contributed by atoms with Crippen LogP contribution in [0, 0.1) is 17.8 Å². The Morgan fingerprint density at radius 2 is 1.83 bits per heavy atom. The Morgan fingerprint density at radius 3 is 2.17 bits per heavy atom. The topological polar surface area (TPSA) is 12.0 Å². The van der Waals surface area contributed by atoms with Crippen LogP contribution in [0.3, 0.4) is 0 Å². The molecule has 0 heterocycles. The van der Waals surface area contributed by atoms with E-state index < -0.39 is 0 Å². The Hall–Kier alpha value is -0.0400. The predicted octanol–water partition coefficient (Wildman–Crippen LogP) is 2.67. The van der Waals surface area contributed by atoms with Crippen molar-refractivity contribution in [3.63, 3.8) is 0 Å². The van der Waals surface area contributed by atoms with Crippen molar-refractivity contribution in [1.29, 1.82) is 0 Å². The lowest BCUT2D eigenvalue weighted by Gasteiger charge is -2.40. The van der Waals surface area contributed by atoms with Crippen molar-refractivity contribution in [2.45, 2.75) is 46.6 Å². The fraction of sp³-hybridized carbons (Fsp3) is 1.00.